The van der Waals surface area contributed by atoms with Crippen LogP contribution in [0, 0.1) is 5.41 Å². The van der Waals surface area contributed by atoms with Gasteiger partial charge in [-0.1, -0.05) is 13.8 Å². The van der Waals surface area contributed by atoms with Crippen LogP contribution in [-0.2, 0) is 9.05 Å². The van der Waals surface area contributed by atoms with Crippen molar-refractivity contribution in [3.05, 3.63) is 22.7 Å². The molecule has 0 aromatic heterocycles. The summed E-state index contributed by atoms with van der Waals surface area (Å²) in [5.74, 6) is 0.666. The third kappa shape index (κ3) is 4.12. The fraction of sp³-hybridized carbons (Fsp3) is 0.571. The van der Waals surface area contributed by atoms with E-state index in [2.05, 4.69) is 29.8 Å². The number of rotatable bonds is 3. The maximum Gasteiger partial charge on any atom is 0.261 e. The van der Waals surface area contributed by atoms with Gasteiger partial charge in [0.15, 0.2) is 0 Å². The first kappa shape index (κ1) is 16.1. The Hall–Kier alpha value is -0.260. The maximum atomic E-state index is 11.3. The van der Waals surface area contributed by atoms with Gasteiger partial charge in [0.1, 0.15) is 5.75 Å². The van der Waals surface area contributed by atoms with Crippen molar-refractivity contribution in [2.45, 2.75) is 50.5 Å². The first-order valence-electron chi connectivity index (χ1n) is 6.58. The van der Waals surface area contributed by atoms with Gasteiger partial charge in [-0.15, -0.1) is 0 Å². The number of benzene rings is 1. The lowest BCUT2D eigenvalue weighted by molar-refractivity contribution is 0.0981. The van der Waals surface area contributed by atoms with Gasteiger partial charge in [-0.2, -0.15) is 0 Å². The van der Waals surface area contributed by atoms with E-state index in [9.17, 15) is 8.42 Å². The molecule has 0 unspecified atom stereocenters. The van der Waals surface area contributed by atoms with Gasteiger partial charge in [0.2, 0.25) is 0 Å². The molecule has 6 heteroatoms. The third-order valence-electron chi connectivity index (χ3n) is 3.76. The van der Waals surface area contributed by atoms with Gasteiger partial charge in [0.25, 0.3) is 9.05 Å². The van der Waals surface area contributed by atoms with Crippen LogP contribution in [0.4, 0.5) is 0 Å². The third-order valence-corrected chi connectivity index (χ3v) is 5.74. The fourth-order valence-corrected chi connectivity index (χ4v) is 3.80. The zero-order chi connectivity index (χ0) is 15.0. The van der Waals surface area contributed by atoms with Crippen molar-refractivity contribution in [3.8, 4) is 5.75 Å². The fourth-order valence-electron chi connectivity index (χ4n) is 2.40. The summed E-state index contributed by atoms with van der Waals surface area (Å²) in [6.07, 6.45) is 4.52. The molecule has 0 radical (unpaired) electrons. The molecule has 0 heterocycles. The Bertz CT molecular complexity index is 588. The molecule has 0 N–H and O–H groups in total. The van der Waals surface area contributed by atoms with Crippen LogP contribution in [0.5, 0.6) is 5.75 Å². The largest absolute Gasteiger partial charge is 0.489 e. The zero-order valence-corrected chi connectivity index (χ0v) is 14.7. The Morgan fingerprint density at radius 3 is 2.40 bits per heavy atom. The lowest BCUT2D eigenvalue weighted by Crippen LogP contribution is -2.28. The molecule has 1 aromatic carbocycles. The van der Waals surface area contributed by atoms with E-state index < -0.39 is 9.05 Å². The minimum absolute atomic E-state index is 0.0724. The Balaban J connectivity index is 2.08. The van der Waals surface area contributed by atoms with Crippen LogP contribution in [0.2, 0.25) is 0 Å². The van der Waals surface area contributed by atoms with Gasteiger partial charge < -0.3 is 4.74 Å². The number of halogens is 2. The predicted molar refractivity (Wildman–Crippen MR) is 83.8 cm³/mol. The molecule has 112 valence electrons. The average molecular weight is 382 g/mol. The number of ether oxygens (including phenoxy) is 1. The molecule has 2 rings (SSSR count). The van der Waals surface area contributed by atoms with Crippen molar-refractivity contribution < 1.29 is 13.2 Å². The summed E-state index contributed by atoms with van der Waals surface area (Å²) in [5.41, 5.74) is 0.396. The highest BCUT2D eigenvalue weighted by Gasteiger charge is 2.28. The highest BCUT2D eigenvalue weighted by Crippen LogP contribution is 2.38. The van der Waals surface area contributed by atoms with E-state index in [-0.39, 0.29) is 11.0 Å². The smallest absolute Gasteiger partial charge is 0.261 e. The van der Waals surface area contributed by atoms with Crippen molar-refractivity contribution in [3.63, 3.8) is 0 Å². The molecular formula is C14H18BrClO3S. The summed E-state index contributed by atoms with van der Waals surface area (Å²) in [6.45, 7) is 4.55. The van der Waals surface area contributed by atoms with E-state index >= 15 is 0 Å². The number of hydrogen-bond donors (Lipinski definition) is 0. The molecule has 0 saturated heterocycles. The quantitative estimate of drug-likeness (QED) is 0.711. The van der Waals surface area contributed by atoms with Crippen LogP contribution in [0.1, 0.15) is 39.5 Å². The molecule has 0 spiro atoms. The van der Waals surface area contributed by atoms with Crippen molar-refractivity contribution in [1.82, 2.24) is 0 Å². The molecule has 1 aliphatic rings. The van der Waals surface area contributed by atoms with Crippen molar-refractivity contribution in [2.75, 3.05) is 0 Å². The topological polar surface area (TPSA) is 43.4 Å². The maximum absolute atomic E-state index is 11.3. The highest BCUT2D eigenvalue weighted by atomic mass is 79.9. The van der Waals surface area contributed by atoms with Gasteiger partial charge in [-0.25, -0.2) is 8.42 Å². The van der Waals surface area contributed by atoms with Crippen LogP contribution < -0.4 is 4.74 Å². The highest BCUT2D eigenvalue weighted by molar-refractivity contribution is 9.10. The van der Waals surface area contributed by atoms with Crippen LogP contribution in [0.15, 0.2) is 27.6 Å². The Labute approximate surface area is 133 Å². The van der Waals surface area contributed by atoms with Gasteiger partial charge in [-0.05, 0) is 65.2 Å². The molecule has 0 bridgehead atoms. The number of hydrogen-bond acceptors (Lipinski definition) is 3. The first-order chi connectivity index (χ1) is 9.17. The molecule has 1 fully saturated rings. The second kappa shape index (κ2) is 5.85. The van der Waals surface area contributed by atoms with Crippen LogP contribution in [0.25, 0.3) is 0 Å². The van der Waals surface area contributed by atoms with Crippen LogP contribution in [0.3, 0.4) is 0 Å². The van der Waals surface area contributed by atoms with E-state index in [1.54, 1.807) is 6.07 Å². The van der Waals surface area contributed by atoms with Crippen molar-refractivity contribution in [1.29, 1.82) is 0 Å². The molecule has 1 aromatic rings. The molecule has 20 heavy (non-hydrogen) atoms. The van der Waals surface area contributed by atoms with Gasteiger partial charge in [0, 0.05) is 10.7 Å². The molecule has 1 aliphatic carbocycles. The van der Waals surface area contributed by atoms with Crippen molar-refractivity contribution >= 4 is 35.7 Å². The Kier molecular flexibility index (Phi) is 4.72. The molecule has 0 aliphatic heterocycles. The standard InChI is InChI=1S/C14H18BrClO3S/c1-14(2)7-5-10(6-8-14)19-13-4-3-11(9-12(13)15)20(16,17)18/h3-4,9-10H,5-8H2,1-2H3. The summed E-state index contributed by atoms with van der Waals surface area (Å²) in [6, 6.07) is 4.60. The predicted octanol–water partition coefficient (Wildman–Crippen LogP) is 4.72. The van der Waals surface area contributed by atoms with Crippen molar-refractivity contribution in [2.24, 2.45) is 5.41 Å². The molecule has 0 atom stereocenters. The van der Waals surface area contributed by atoms with Crippen LogP contribution in [-0.4, -0.2) is 14.5 Å². The minimum Gasteiger partial charge on any atom is -0.489 e. The lowest BCUT2D eigenvalue weighted by atomic mass is 9.76. The molecular weight excluding hydrogens is 364 g/mol. The van der Waals surface area contributed by atoms with E-state index in [1.165, 1.54) is 12.1 Å². The van der Waals surface area contributed by atoms with E-state index in [1.807, 2.05) is 0 Å². The second-order valence-corrected chi connectivity index (χ2v) is 9.43. The lowest BCUT2D eigenvalue weighted by Gasteiger charge is -2.34. The SMILES string of the molecule is CC1(C)CCC(Oc2ccc(S(=O)(=O)Cl)cc2Br)CC1. The van der Waals surface area contributed by atoms with E-state index in [0.717, 1.165) is 25.7 Å². The zero-order valence-electron chi connectivity index (χ0n) is 11.5. The van der Waals surface area contributed by atoms with E-state index in [4.69, 9.17) is 15.4 Å². The Morgan fingerprint density at radius 2 is 1.90 bits per heavy atom. The first-order valence-corrected chi connectivity index (χ1v) is 9.68. The summed E-state index contributed by atoms with van der Waals surface area (Å²) < 4.78 is 29.1. The normalized spacial score (nSPS) is 19.8. The summed E-state index contributed by atoms with van der Waals surface area (Å²) >= 11 is 3.34. The van der Waals surface area contributed by atoms with E-state index in [0.29, 0.717) is 15.6 Å². The van der Waals surface area contributed by atoms with Crippen LogP contribution >= 0.6 is 26.6 Å². The van der Waals surface area contributed by atoms with Gasteiger partial charge in [0.05, 0.1) is 15.5 Å². The molecule has 1 saturated carbocycles. The molecule has 0 amide bonds. The summed E-state index contributed by atoms with van der Waals surface area (Å²) in [7, 11) is 1.61. The molecule has 3 nitrogen and oxygen atoms in total. The summed E-state index contributed by atoms with van der Waals surface area (Å²) in [5, 5.41) is 0. The minimum atomic E-state index is -3.70. The summed E-state index contributed by atoms with van der Waals surface area (Å²) in [4.78, 5) is 0.0724. The second-order valence-electron chi connectivity index (χ2n) is 6.01. The Morgan fingerprint density at radius 1 is 1.30 bits per heavy atom. The van der Waals surface area contributed by atoms with Gasteiger partial charge in [-0.3, -0.25) is 0 Å². The van der Waals surface area contributed by atoms with Gasteiger partial charge >= 0.3 is 0 Å². The average Bonchev–Trinajstić information content (AvgIpc) is 2.33. The monoisotopic (exact) mass is 380 g/mol.